The molecule has 2 aliphatic rings. The second-order valence-corrected chi connectivity index (χ2v) is 10.7. The Bertz CT molecular complexity index is 885. The Morgan fingerprint density at radius 2 is 1.83 bits per heavy atom. The number of halogens is 1. The third kappa shape index (κ3) is 5.22. The van der Waals surface area contributed by atoms with E-state index in [4.69, 9.17) is 18.9 Å². The lowest BCUT2D eigenvalue weighted by Crippen LogP contribution is -2.55. The van der Waals surface area contributed by atoms with Gasteiger partial charge in [-0.25, -0.2) is 8.42 Å². The number of hydrogen-bond donors (Lipinski definition) is 0. The number of alkyl halides is 1. The van der Waals surface area contributed by atoms with Crippen LogP contribution in [-0.4, -0.2) is 62.6 Å². The van der Waals surface area contributed by atoms with Crippen LogP contribution in [0.5, 0.6) is 0 Å². The summed E-state index contributed by atoms with van der Waals surface area (Å²) in [5.41, 5.74) is 0.975. The summed E-state index contributed by atoms with van der Waals surface area (Å²) in [4.78, 5) is 22.6. The van der Waals surface area contributed by atoms with Gasteiger partial charge in [-0.05, 0) is 19.1 Å². The molecule has 2 fully saturated rings. The monoisotopic (exact) mass is 504 g/mol. The number of rotatable bonds is 6. The molecule has 0 unspecified atom stereocenters. The molecule has 0 N–H and O–H groups in total. The molecule has 1 aromatic rings. The first kappa shape index (κ1) is 23.2. The minimum atomic E-state index is -3.54. The maximum atomic E-state index is 12.9. The van der Waals surface area contributed by atoms with Crippen molar-refractivity contribution in [2.45, 2.75) is 49.0 Å². The Morgan fingerprint density at radius 1 is 1.17 bits per heavy atom. The fourth-order valence-corrected chi connectivity index (χ4v) is 6.58. The predicted molar refractivity (Wildman–Crippen MR) is 110 cm³/mol. The van der Waals surface area contributed by atoms with Crippen molar-refractivity contribution in [3.8, 4) is 0 Å². The molecule has 8 nitrogen and oxygen atoms in total. The summed E-state index contributed by atoms with van der Waals surface area (Å²) in [7, 11) is -3.54. The van der Waals surface area contributed by atoms with Crippen molar-refractivity contribution in [3.63, 3.8) is 0 Å². The number of ether oxygens (including phenoxy) is 4. The van der Waals surface area contributed by atoms with E-state index in [2.05, 4.69) is 15.9 Å². The number of aryl methyl sites for hydroxylation is 1. The molecule has 0 amide bonds. The van der Waals surface area contributed by atoms with Gasteiger partial charge in [0.15, 0.2) is 16.1 Å². The molecule has 0 saturated carbocycles. The average Bonchev–Trinajstić information content (AvgIpc) is 3.04. The van der Waals surface area contributed by atoms with Crippen LogP contribution in [0.4, 0.5) is 0 Å². The van der Waals surface area contributed by atoms with Gasteiger partial charge in [-0.2, -0.15) is 0 Å². The van der Waals surface area contributed by atoms with E-state index in [0.29, 0.717) is 0 Å². The van der Waals surface area contributed by atoms with Gasteiger partial charge in [0, 0.05) is 25.7 Å². The van der Waals surface area contributed by atoms with Gasteiger partial charge in [0.25, 0.3) is 0 Å². The largest absolute Gasteiger partial charge is 0.463 e. The number of benzene rings is 1. The van der Waals surface area contributed by atoms with E-state index in [0.717, 1.165) is 5.56 Å². The highest BCUT2D eigenvalue weighted by Crippen LogP contribution is 2.43. The van der Waals surface area contributed by atoms with Crippen molar-refractivity contribution < 1.29 is 37.0 Å². The Labute approximate surface area is 184 Å². The molecule has 2 heterocycles. The van der Waals surface area contributed by atoms with Crippen LogP contribution in [0, 0.1) is 18.8 Å². The molecule has 0 bridgehead atoms. The van der Waals surface area contributed by atoms with Crippen molar-refractivity contribution in [3.05, 3.63) is 29.8 Å². The van der Waals surface area contributed by atoms with Gasteiger partial charge in [-0.15, -0.1) is 0 Å². The first-order valence-electron chi connectivity index (χ1n) is 9.59. The molecular weight excluding hydrogens is 480 g/mol. The molecule has 0 radical (unpaired) electrons. The summed E-state index contributed by atoms with van der Waals surface area (Å²) < 4.78 is 48.0. The van der Waals surface area contributed by atoms with E-state index in [1.807, 2.05) is 6.92 Å². The standard InChI is InChI=1S/C20H25BrO8S/c1-11-4-6-15(7-5-11)30(24,25)10-14-8-27-20-17(14)18(21)19(28-13(3)23)16(29-20)9-26-12(2)22/h4-7,14,16-20H,8-10H2,1-3H3/t14-,16+,17+,18+,19+,20-/m0/s1. The maximum Gasteiger partial charge on any atom is 0.303 e. The zero-order valence-corrected chi connectivity index (χ0v) is 19.3. The number of carbonyl (C=O) groups excluding carboxylic acids is 2. The average molecular weight is 505 g/mol. The Hall–Kier alpha value is -1.49. The predicted octanol–water partition coefficient (Wildman–Crippen LogP) is 2.01. The third-order valence-electron chi connectivity index (χ3n) is 5.26. The van der Waals surface area contributed by atoms with Crippen molar-refractivity contribution >= 4 is 37.7 Å². The van der Waals surface area contributed by atoms with E-state index in [-0.39, 0.29) is 35.7 Å². The highest BCUT2D eigenvalue weighted by molar-refractivity contribution is 9.09. The van der Waals surface area contributed by atoms with Crippen LogP contribution < -0.4 is 0 Å². The maximum absolute atomic E-state index is 12.9. The normalized spacial score (nSPS) is 31.1. The van der Waals surface area contributed by atoms with Crippen LogP contribution in [0.2, 0.25) is 0 Å². The van der Waals surface area contributed by atoms with E-state index in [1.165, 1.54) is 13.8 Å². The fraction of sp³-hybridized carbons (Fsp3) is 0.600. The van der Waals surface area contributed by atoms with Crippen molar-refractivity contribution in [1.29, 1.82) is 0 Å². The highest BCUT2D eigenvalue weighted by atomic mass is 79.9. The van der Waals surface area contributed by atoms with Gasteiger partial charge in [-0.1, -0.05) is 33.6 Å². The summed E-state index contributed by atoms with van der Waals surface area (Å²) in [6.07, 6.45) is -2.18. The molecule has 2 saturated heterocycles. The molecule has 2 aliphatic heterocycles. The molecule has 0 spiro atoms. The smallest absolute Gasteiger partial charge is 0.303 e. The molecule has 30 heavy (non-hydrogen) atoms. The Balaban J connectivity index is 1.78. The summed E-state index contributed by atoms with van der Waals surface area (Å²) in [6, 6.07) is 6.71. The number of carbonyl (C=O) groups is 2. The van der Waals surface area contributed by atoms with E-state index in [9.17, 15) is 18.0 Å². The summed E-state index contributed by atoms with van der Waals surface area (Å²) in [5.74, 6) is -1.84. The van der Waals surface area contributed by atoms with Gasteiger partial charge in [0.2, 0.25) is 0 Å². The SMILES string of the molecule is CC(=O)OC[C@H]1O[C@@H]2OC[C@@H](CS(=O)(=O)c3ccc(C)cc3)[C@@H]2[C@@H](Br)[C@@H]1OC(C)=O. The van der Waals surface area contributed by atoms with Gasteiger partial charge in [0.1, 0.15) is 18.8 Å². The van der Waals surface area contributed by atoms with Crippen LogP contribution in [0.3, 0.4) is 0 Å². The van der Waals surface area contributed by atoms with Crippen LogP contribution in [0.25, 0.3) is 0 Å². The van der Waals surface area contributed by atoms with E-state index < -0.39 is 45.1 Å². The van der Waals surface area contributed by atoms with Crippen molar-refractivity contribution in [1.82, 2.24) is 0 Å². The molecule has 3 rings (SSSR count). The van der Waals surface area contributed by atoms with Crippen molar-refractivity contribution in [2.24, 2.45) is 11.8 Å². The molecule has 166 valence electrons. The first-order chi connectivity index (χ1) is 14.1. The van der Waals surface area contributed by atoms with Gasteiger partial charge >= 0.3 is 11.9 Å². The lowest BCUT2D eigenvalue weighted by Gasteiger charge is -2.41. The molecule has 0 aliphatic carbocycles. The summed E-state index contributed by atoms with van der Waals surface area (Å²) >= 11 is 3.58. The number of hydrogen-bond acceptors (Lipinski definition) is 8. The van der Waals surface area contributed by atoms with Crippen LogP contribution in [0.15, 0.2) is 29.2 Å². The van der Waals surface area contributed by atoms with Gasteiger partial charge in [-0.3, -0.25) is 9.59 Å². The molecule has 1 aromatic carbocycles. The number of sulfone groups is 1. The number of esters is 2. The second-order valence-electron chi connectivity index (χ2n) is 7.63. The lowest BCUT2D eigenvalue weighted by atomic mass is 9.86. The third-order valence-corrected chi connectivity index (χ3v) is 8.25. The molecule has 0 aromatic heterocycles. The van der Waals surface area contributed by atoms with Gasteiger partial charge < -0.3 is 18.9 Å². The second kappa shape index (κ2) is 9.33. The fourth-order valence-electron chi connectivity index (χ4n) is 3.83. The molecule has 6 atom stereocenters. The van der Waals surface area contributed by atoms with E-state index in [1.54, 1.807) is 24.3 Å². The lowest BCUT2D eigenvalue weighted by molar-refractivity contribution is -0.232. The Morgan fingerprint density at radius 3 is 2.43 bits per heavy atom. The summed E-state index contributed by atoms with van der Waals surface area (Å²) in [6.45, 7) is 4.53. The minimum Gasteiger partial charge on any atom is -0.463 e. The molecular formula is C20H25BrO8S. The van der Waals surface area contributed by atoms with E-state index >= 15 is 0 Å². The first-order valence-corrected chi connectivity index (χ1v) is 12.2. The quantitative estimate of drug-likeness (QED) is 0.427. The topological polar surface area (TPSA) is 105 Å². The zero-order valence-electron chi connectivity index (χ0n) is 16.9. The minimum absolute atomic E-state index is 0.103. The number of fused-ring (bicyclic) bond motifs is 1. The van der Waals surface area contributed by atoms with Crippen LogP contribution in [0.1, 0.15) is 19.4 Å². The zero-order chi connectivity index (χ0) is 22.1. The summed E-state index contributed by atoms with van der Waals surface area (Å²) in [5, 5.41) is 0. The Kier molecular flexibility index (Phi) is 7.21. The molecule has 10 heteroatoms. The van der Waals surface area contributed by atoms with Gasteiger partial charge in [0.05, 0.1) is 22.1 Å². The van der Waals surface area contributed by atoms with Crippen molar-refractivity contribution in [2.75, 3.05) is 19.0 Å². The van der Waals surface area contributed by atoms with Crippen LogP contribution in [-0.2, 0) is 38.4 Å². The van der Waals surface area contributed by atoms with Crippen LogP contribution >= 0.6 is 15.9 Å². The highest BCUT2D eigenvalue weighted by Gasteiger charge is 2.54.